The van der Waals surface area contributed by atoms with Gasteiger partial charge < -0.3 is 11.1 Å². The van der Waals surface area contributed by atoms with Gasteiger partial charge in [0.2, 0.25) is 5.91 Å². The summed E-state index contributed by atoms with van der Waals surface area (Å²) >= 11 is 0. The Kier molecular flexibility index (Phi) is 4.78. The SMILES string of the molecule is CCC(C)(CN)C(=O)NCc1ccc(F)c(F)c1. The lowest BCUT2D eigenvalue weighted by atomic mass is 9.86. The highest BCUT2D eigenvalue weighted by molar-refractivity contribution is 5.82. The van der Waals surface area contributed by atoms with Crippen molar-refractivity contribution in [2.75, 3.05) is 6.54 Å². The van der Waals surface area contributed by atoms with E-state index in [1.807, 2.05) is 6.92 Å². The molecule has 18 heavy (non-hydrogen) atoms. The van der Waals surface area contributed by atoms with Gasteiger partial charge in [-0.2, -0.15) is 0 Å². The predicted molar refractivity (Wildman–Crippen MR) is 65.7 cm³/mol. The van der Waals surface area contributed by atoms with Crippen LogP contribution in [0.3, 0.4) is 0 Å². The van der Waals surface area contributed by atoms with E-state index in [1.54, 1.807) is 6.92 Å². The lowest BCUT2D eigenvalue weighted by Crippen LogP contribution is -2.43. The van der Waals surface area contributed by atoms with Crippen LogP contribution in [0.4, 0.5) is 8.78 Å². The zero-order valence-electron chi connectivity index (χ0n) is 10.6. The Morgan fingerprint density at radius 1 is 1.39 bits per heavy atom. The number of hydrogen-bond acceptors (Lipinski definition) is 2. The van der Waals surface area contributed by atoms with Gasteiger partial charge in [-0.05, 0) is 31.0 Å². The molecule has 1 atom stereocenters. The molecule has 0 saturated carbocycles. The number of carbonyl (C=O) groups excluding carboxylic acids is 1. The molecule has 3 N–H and O–H groups in total. The lowest BCUT2D eigenvalue weighted by Gasteiger charge is -2.24. The molecule has 1 unspecified atom stereocenters. The summed E-state index contributed by atoms with van der Waals surface area (Å²) in [4.78, 5) is 11.9. The zero-order chi connectivity index (χ0) is 13.8. The maximum atomic E-state index is 13.0. The second-order valence-corrected chi connectivity index (χ2v) is 4.55. The largest absolute Gasteiger partial charge is 0.352 e. The predicted octanol–water partition coefficient (Wildman–Crippen LogP) is 1.96. The van der Waals surface area contributed by atoms with Crippen molar-refractivity contribution in [3.05, 3.63) is 35.4 Å². The molecule has 1 amide bonds. The molecule has 0 aliphatic heterocycles. The molecule has 0 aromatic heterocycles. The molecule has 0 aliphatic carbocycles. The van der Waals surface area contributed by atoms with Crippen LogP contribution in [0.1, 0.15) is 25.8 Å². The Labute approximate surface area is 105 Å². The van der Waals surface area contributed by atoms with Crippen molar-refractivity contribution in [2.45, 2.75) is 26.8 Å². The fraction of sp³-hybridized carbons (Fsp3) is 0.462. The third-order valence-corrected chi connectivity index (χ3v) is 3.22. The average Bonchev–Trinajstić information content (AvgIpc) is 2.38. The van der Waals surface area contributed by atoms with Crippen LogP contribution in [-0.2, 0) is 11.3 Å². The lowest BCUT2D eigenvalue weighted by molar-refractivity contribution is -0.130. The highest BCUT2D eigenvalue weighted by atomic mass is 19.2. The summed E-state index contributed by atoms with van der Waals surface area (Å²) in [6.45, 7) is 4.05. The first kappa shape index (κ1) is 14.6. The monoisotopic (exact) mass is 256 g/mol. The molecule has 1 rings (SSSR count). The molecule has 100 valence electrons. The minimum absolute atomic E-state index is 0.158. The number of hydrogen-bond donors (Lipinski definition) is 2. The molecule has 1 aromatic rings. The third kappa shape index (κ3) is 3.26. The number of nitrogens with two attached hydrogens (primary N) is 1. The number of benzene rings is 1. The Balaban J connectivity index is 2.65. The minimum Gasteiger partial charge on any atom is -0.352 e. The van der Waals surface area contributed by atoms with Gasteiger partial charge in [-0.25, -0.2) is 8.78 Å². The van der Waals surface area contributed by atoms with Gasteiger partial charge in [0.1, 0.15) is 0 Å². The van der Waals surface area contributed by atoms with Gasteiger partial charge in [0.05, 0.1) is 5.41 Å². The summed E-state index contributed by atoms with van der Waals surface area (Å²) in [7, 11) is 0. The molecule has 1 aromatic carbocycles. The van der Waals surface area contributed by atoms with Crippen LogP contribution in [0, 0.1) is 17.0 Å². The van der Waals surface area contributed by atoms with Crippen molar-refractivity contribution in [2.24, 2.45) is 11.1 Å². The summed E-state index contributed by atoms with van der Waals surface area (Å²) in [6, 6.07) is 3.55. The van der Waals surface area contributed by atoms with E-state index in [2.05, 4.69) is 5.32 Å². The normalized spacial score (nSPS) is 14.1. The van der Waals surface area contributed by atoms with Crippen LogP contribution in [0.5, 0.6) is 0 Å². The van der Waals surface area contributed by atoms with Crippen LogP contribution >= 0.6 is 0 Å². The highest BCUT2D eigenvalue weighted by Crippen LogP contribution is 2.19. The maximum absolute atomic E-state index is 13.0. The molecule has 0 saturated heterocycles. The molecule has 0 radical (unpaired) electrons. The van der Waals surface area contributed by atoms with Crippen molar-refractivity contribution in [1.29, 1.82) is 0 Å². The van der Waals surface area contributed by atoms with Gasteiger partial charge in [-0.1, -0.05) is 13.0 Å². The molecule has 0 bridgehead atoms. The summed E-state index contributed by atoms with van der Waals surface area (Å²) in [6.07, 6.45) is 0.618. The van der Waals surface area contributed by atoms with Gasteiger partial charge in [0.25, 0.3) is 0 Å². The standard InChI is InChI=1S/C13H18F2N2O/c1-3-13(2,8-16)12(18)17-7-9-4-5-10(14)11(15)6-9/h4-6H,3,7-8,16H2,1-2H3,(H,17,18). The molecule has 3 nitrogen and oxygen atoms in total. The van der Waals surface area contributed by atoms with E-state index in [0.29, 0.717) is 12.0 Å². The van der Waals surface area contributed by atoms with E-state index in [-0.39, 0.29) is 19.0 Å². The summed E-state index contributed by atoms with van der Waals surface area (Å²) in [5, 5.41) is 2.68. The van der Waals surface area contributed by atoms with Crippen molar-refractivity contribution in [3.8, 4) is 0 Å². The zero-order valence-corrected chi connectivity index (χ0v) is 10.6. The van der Waals surface area contributed by atoms with Crippen molar-refractivity contribution < 1.29 is 13.6 Å². The van der Waals surface area contributed by atoms with Gasteiger partial charge in [0, 0.05) is 13.1 Å². The third-order valence-electron chi connectivity index (χ3n) is 3.22. The second kappa shape index (κ2) is 5.91. The van der Waals surface area contributed by atoms with Gasteiger partial charge >= 0.3 is 0 Å². The maximum Gasteiger partial charge on any atom is 0.227 e. The van der Waals surface area contributed by atoms with Gasteiger partial charge in [-0.15, -0.1) is 0 Å². The van der Waals surface area contributed by atoms with Crippen LogP contribution in [-0.4, -0.2) is 12.5 Å². The van der Waals surface area contributed by atoms with Gasteiger partial charge in [0.15, 0.2) is 11.6 Å². The fourth-order valence-corrected chi connectivity index (χ4v) is 1.44. The number of amides is 1. The Bertz CT molecular complexity index is 431. The molecule has 5 heteroatoms. The van der Waals surface area contributed by atoms with Crippen molar-refractivity contribution >= 4 is 5.91 Å². The average molecular weight is 256 g/mol. The Morgan fingerprint density at radius 2 is 2.06 bits per heavy atom. The molecular formula is C13H18F2N2O. The minimum atomic E-state index is -0.918. The summed E-state index contributed by atoms with van der Waals surface area (Å²) in [5.74, 6) is -2.00. The first-order chi connectivity index (χ1) is 8.42. The Hall–Kier alpha value is -1.49. The van der Waals surface area contributed by atoms with Crippen LogP contribution in [0.15, 0.2) is 18.2 Å². The topological polar surface area (TPSA) is 55.1 Å². The van der Waals surface area contributed by atoms with E-state index in [0.717, 1.165) is 12.1 Å². The van der Waals surface area contributed by atoms with Crippen molar-refractivity contribution in [1.82, 2.24) is 5.32 Å². The quantitative estimate of drug-likeness (QED) is 0.846. The summed E-state index contributed by atoms with van der Waals surface area (Å²) in [5.41, 5.74) is 5.45. The number of rotatable bonds is 5. The number of nitrogens with one attached hydrogen (secondary N) is 1. The van der Waals surface area contributed by atoms with E-state index in [9.17, 15) is 13.6 Å². The highest BCUT2D eigenvalue weighted by Gasteiger charge is 2.29. The molecular weight excluding hydrogens is 238 g/mol. The summed E-state index contributed by atoms with van der Waals surface area (Å²) < 4.78 is 25.7. The molecule has 0 aliphatic rings. The van der Waals surface area contributed by atoms with E-state index in [4.69, 9.17) is 5.73 Å². The first-order valence-electron chi connectivity index (χ1n) is 5.85. The number of halogens is 2. The van der Waals surface area contributed by atoms with Crippen LogP contribution in [0.25, 0.3) is 0 Å². The van der Waals surface area contributed by atoms with E-state index < -0.39 is 17.0 Å². The van der Waals surface area contributed by atoms with Gasteiger partial charge in [-0.3, -0.25) is 4.79 Å². The molecule has 0 spiro atoms. The first-order valence-corrected chi connectivity index (χ1v) is 5.85. The Morgan fingerprint density at radius 3 is 2.56 bits per heavy atom. The molecule has 0 heterocycles. The van der Waals surface area contributed by atoms with E-state index >= 15 is 0 Å². The van der Waals surface area contributed by atoms with Crippen molar-refractivity contribution in [3.63, 3.8) is 0 Å². The van der Waals surface area contributed by atoms with E-state index in [1.165, 1.54) is 6.07 Å². The van der Waals surface area contributed by atoms with Crippen LogP contribution < -0.4 is 11.1 Å². The fourth-order valence-electron chi connectivity index (χ4n) is 1.44. The second-order valence-electron chi connectivity index (χ2n) is 4.55. The molecule has 0 fully saturated rings. The van der Waals surface area contributed by atoms with Crippen LogP contribution in [0.2, 0.25) is 0 Å². The number of carbonyl (C=O) groups is 1. The smallest absolute Gasteiger partial charge is 0.227 e.